The zero-order chi connectivity index (χ0) is 12.8. The number of ketones is 1. The predicted octanol–water partition coefficient (Wildman–Crippen LogP) is 3.07. The Kier molecular flexibility index (Phi) is 6.00. The van der Waals surface area contributed by atoms with E-state index >= 15 is 0 Å². The van der Waals surface area contributed by atoms with Crippen LogP contribution in [0.1, 0.15) is 46.5 Å². The highest BCUT2D eigenvalue weighted by Gasteiger charge is 2.26. The Hall–Kier alpha value is -0.580. The first-order chi connectivity index (χ1) is 7.10. The van der Waals surface area contributed by atoms with Crippen molar-refractivity contribution < 1.29 is 18.0 Å². The summed E-state index contributed by atoms with van der Waals surface area (Å²) < 4.78 is 35.4. The molecule has 0 aliphatic heterocycles. The van der Waals surface area contributed by atoms with E-state index in [0.717, 1.165) is 0 Å². The third-order valence-corrected chi connectivity index (χ3v) is 1.98. The van der Waals surface area contributed by atoms with Crippen molar-refractivity contribution in [1.29, 1.82) is 0 Å². The topological polar surface area (TPSA) is 29.1 Å². The molecule has 0 atom stereocenters. The van der Waals surface area contributed by atoms with E-state index in [4.69, 9.17) is 0 Å². The van der Waals surface area contributed by atoms with Gasteiger partial charge in [0.1, 0.15) is 5.78 Å². The Morgan fingerprint density at radius 3 is 2.12 bits per heavy atom. The van der Waals surface area contributed by atoms with Gasteiger partial charge in [-0.15, -0.1) is 0 Å². The molecule has 0 spiro atoms. The average molecular weight is 239 g/mol. The van der Waals surface area contributed by atoms with Crippen molar-refractivity contribution in [3.8, 4) is 0 Å². The summed E-state index contributed by atoms with van der Waals surface area (Å²) >= 11 is 0. The molecule has 0 aliphatic carbocycles. The van der Waals surface area contributed by atoms with Crippen molar-refractivity contribution >= 4 is 5.78 Å². The fraction of sp³-hybridized carbons (Fsp3) is 0.909. The van der Waals surface area contributed by atoms with Gasteiger partial charge in [-0.05, 0) is 27.2 Å². The lowest BCUT2D eigenvalue weighted by Crippen LogP contribution is -2.37. The van der Waals surface area contributed by atoms with Crippen LogP contribution in [0.25, 0.3) is 0 Å². The summed E-state index contributed by atoms with van der Waals surface area (Å²) in [6.45, 7) is 6.44. The molecule has 0 unspecified atom stereocenters. The van der Waals surface area contributed by atoms with E-state index in [2.05, 4.69) is 5.32 Å². The number of Topliss-reactive ketones (excluding diaryl/α,β-unsaturated/α-hetero) is 1. The van der Waals surface area contributed by atoms with E-state index in [1.807, 2.05) is 20.8 Å². The molecule has 0 amide bonds. The first kappa shape index (κ1) is 15.4. The maximum absolute atomic E-state index is 11.8. The molecule has 0 aromatic carbocycles. The minimum atomic E-state index is -4.15. The molecule has 0 saturated carbocycles. The maximum atomic E-state index is 11.8. The van der Waals surface area contributed by atoms with Crippen LogP contribution < -0.4 is 5.32 Å². The average Bonchev–Trinajstić information content (AvgIpc) is 1.98. The Morgan fingerprint density at radius 1 is 1.12 bits per heavy atom. The van der Waals surface area contributed by atoms with Gasteiger partial charge < -0.3 is 5.32 Å². The molecule has 0 bridgehead atoms. The number of carbonyl (C=O) groups excluding carboxylic acids is 1. The summed E-state index contributed by atoms with van der Waals surface area (Å²) in [5.74, 6) is -0.110. The van der Waals surface area contributed by atoms with Crippen molar-refractivity contribution in [3.63, 3.8) is 0 Å². The summed E-state index contributed by atoms with van der Waals surface area (Å²) in [5.41, 5.74) is -0.0632. The highest BCUT2D eigenvalue weighted by molar-refractivity contribution is 5.78. The zero-order valence-electron chi connectivity index (χ0n) is 10.1. The second-order valence-corrected chi connectivity index (χ2v) is 4.93. The lowest BCUT2D eigenvalue weighted by molar-refractivity contribution is -0.137. The van der Waals surface area contributed by atoms with Gasteiger partial charge in [0.25, 0.3) is 0 Å². The third kappa shape index (κ3) is 11.5. The van der Waals surface area contributed by atoms with Crippen molar-refractivity contribution in [3.05, 3.63) is 0 Å². The molecule has 0 fully saturated rings. The molecule has 0 aliphatic rings. The quantitative estimate of drug-likeness (QED) is 0.771. The molecule has 96 valence electrons. The zero-order valence-corrected chi connectivity index (χ0v) is 10.1. The number of rotatable bonds is 6. The fourth-order valence-electron chi connectivity index (χ4n) is 1.19. The van der Waals surface area contributed by atoms with Crippen LogP contribution in [0.5, 0.6) is 0 Å². The Morgan fingerprint density at radius 2 is 1.69 bits per heavy atom. The Labute approximate surface area is 94.6 Å². The first-order valence-electron chi connectivity index (χ1n) is 5.44. The van der Waals surface area contributed by atoms with Crippen LogP contribution in [0.3, 0.4) is 0 Å². The van der Waals surface area contributed by atoms with Gasteiger partial charge >= 0.3 is 6.18 Å². The van der Waals surface area contributed by atoms with Gasteiger partial charge in [-0.3, -0.25) is 4.79 Å². The van der Waals surface area contributed by atoms with Crippen LogP contribution in [-0.2, 0) is 4.79 Å². The van der Waals surface area contributed by atoms with Gasteiger partial charge in [-0.2, -0.15) is 13.2 Å². The molecule has 1 N–H and O–H groups in total. The van der Waals surface area contributed by atoms with Gasteiger partial charge in [-0.1, -0.05) is 0 Å². The largest absolute Gasteiger partial charge is 0.389 e. The van der Waals surface area contributed by atoms with Gasteiger partial charge in [0.2, 0.25) is 0 Å². The standard InChI is InChI=1S/C11H20F3NO/c1-10(2,3)15-8-6-9(16)5-4-7-11(12,13)14/h15H,4-8H2,1-3H3. The SMILES string of the molecule is CC(C)(C)NCCC(=O)CCCC(F)(F)F. The summed E-state index contributed by atoms with van der Waals surface area (Å²) in [5, 5.41) is 3.12. The summed E-state index contributed by atoms with van der Waals surface area (Å²) in [4.78, 5) is 11.2. The van der Waals surface area contributed by atoms with Gasteiger partial charge in [0.15, 0.2) is 0 Å². The van der Waals surface area contributed by atoms with Crippen molar-refractivity contribution in [2.75, 3.05) is 6.54 Å². The fourth-order valence-corrected chi connectivity index (χ4v) is 1.19. The van der Waals surface area contributed by atoms with E-state index in [0.29, 0.717) is 13.0 Å². The number of hydrogen-bond donors (Lipinski definition) is 1. The molecule has 0 saturated heterocycles. The Bertz CT molecular complexity index is 196. The van der Waals surface area contributed by atoms with Crippen LogP contribution in [0.15, 0.2) is 0 Å². The van der Waals surface area contributed by atoms with Crippen LogP contribution in [0.2, 0.25) is 0 Å². The summed E-state index contributed by atoms with van der Waals surface area (Å²) in [6.07, 6.45) is -4.80. The number of alkyl halides is 3. The number of carbonyl (C=O) groups is 1. The summed E-state index contributed by atoms with van der Waals surface area (Å²) in [7, 11) is 0. The highest BCUT2D eigenvalue weighted by atomic mass is 19.4. The highest BCUT2D eigenvalue weighted by Crippen LogP contribution is 2.22. The second-order valence-electron chi connectivity index (χ2n) is 4.93. The maximum Gasteiger partial charge on any atom is 0.389 e. The van der Waals surface area contributed by atoms with Crippen LogP contribution in [0.4, 0.5) is 13.2 Å². The minimum absolute atomic E-state index is 0.0192. The molecule has 0 heterocycles. The van der Waals surface area contributed by atoms with E-state index in [-0.39, 0.29) is 24.2 Å². The van der Waals surface area contributed by atoms with Gasteiger partial charge in [0.05, 0.1) is 0 Å². The van der Waals surface area contributed by atoms with Crippen molar-refractivity contribution in [2.24, 2.45) is 0 Å². The smallest absolute Gasteiger partial charge is 0.312 e. The molecular weight excluding hydrogens is 219 g/mol. The van der Waals surface area contributed by atoms with Gasteiger partial charge in [-0.25, -0.2) is 0 Å². The number of hydrogen-bond acceptors (Lipinski definition) is 2. The molecule has 0 rings (SSSR count). The summed E-state index contributed by atoms with van der Waals surface area (Å²) in [6, 6.07) is 0. The van der Waals surface area contributed by atoms with Crippen LogP contribution in [-0.4, -0.2) is 24.0 Å². The molecule has 5 heteroatoms. The van der Waals surface area contributed by atoms with Crippen LogP contribution in [0, 0.1) is 0 Å². The van der Waals surface area contributed by atoms with E-state index in [9.17, 15) is 18.0 Å². The first-order valence-corrected chi connectivity index (χ1v) is 5.44. The normalized spacial score (nSPS) is 12.9. The van der Waals surface area contributed by atoms with Crippen molar-refractivity contribution in [1.82, 2.24) is 5.32 Å². The monoisotopic (exact) mass is 239 g/mol. The van der Waals surface area contributed by atoms with E-state index in [1.54, 1.807) is 0 Å². The molecule has 0 aromatic heterocycles. The van der Waals surface area contributed by atoms with Crippen molar-refractivity contribution in [2.45, 2.75) is 58.2 Å². The lowest BCUT2D eigenvalue weighted by atomic mass is 10.1. The van der Waals surface area contributed by atoms with E-state index < -0.39 is 12.6 Å². The second kappa shape index (κ2) is 6.23. The number of halogens is 3. The molecular formula is C11H20F3NO. The molecule has 2 nitrogen and oxygen atoms in total. The van der Waals surface area contributed by atoms with Gasteiger partial charge in [0, 0.05) is 31.3 Å². The Balaban J connectivity index is 3.53. The minimum Gasteiger partial charge on any atom is -0.312 e. The van der Waals surface area contributed by atoms with Crippen LogP contribution >= 0.6 is 0 Å². The predicted molar refractivity (Wildman–Crippen MR) is 57.3 cm³/mol. The lowest BCUT2D eigenvalue weighted by Gasteiger charge is -2.20. The molecule has 0 radical (unpaired) electrons. The molecule has 16 heavy (non-hydrogen) atoms. The van der Waals surface area contributed by atoms with E-state index in [1.165, 1.54) is 0 Å². The number of nitrogens with one attached hydrogen (secondary N) is 1. The third-order valence-electron chi connectivity index (χ3n) is 1.98. The molecule has 0 aromatic rings.